The second-order valence-electron chi connectivity index (χ2n) is 0.184. The minimum Gasteiger partial charge on any atom is -0.582 e. The third kappa shape index (κ3) is 35.8. The van der Waals surface area contributed by atoms with Gasteiger partial charge in [0, 0.05) is 0 Å². The highest BCUT2D eigenvalue weighted by Crippen LogP contribution is 1.98. The van der Waals surface area contributed by atoms with Crippen molar-refractivity contribution in [3.63, 3.8) is 0 Å². The molecule has 0 unspecified atom stereocenters. The Bertz CT molecular complexity index is 12.4. The van der Waals surface area contributed by atoms with E-state index in [2.05, 4.69) is 21.4 Å². The van der Waals surface area contributed by atoms with E-state index in [9.17, 15) is 0 Å². The van der Waals surface area contributed by atoms with E-state index < -0.39 is 9.60 Å². The summed E-state index contributed by atoms with van der Waals surface area (Å²) in [7, 11) is 7.36. The maximum Gasteiger partial charge on any atom is 0.198 e. The molecule has 0 aromatic rings. The second-order valence-corrected chi connectivity index (χ2v) is 2.71. The van der Waals surface area contributed by atoms with Gasteiger partial charge in [0.15, 0.2) is 31.0 Å². The number of hydrogen-bond donors (Lipinski definition) is 0. The number of rotatable bonds is 0. The minimum atomic E-state index is -1.67. The van der Waals surface area contributed by atoms with Gasteiger partial charge in [-0.25, -0.2) is 0 Å². The lowest BCUT2D eigenvalue weighted by molar-refractivity contribution is 0.620. The van der Waals surface area contributed by atoms with Crippen molar-refractivity contribution in [1.29, 1.82) is 0 Å². The molecule has 0 amide bonds. The third-order valence-electron chi connectivity index (χ3n) is 0. The quantitative estimate of drug-likeness (QED) is 0.479. The molecule has 0 bridgehead atoms. The summed E-state index contributed by atoms with van der Waals surface area (Å²) in [5.74, 6) is 0. The van der Waals surface area contributed by atoms with E-state index in [1.165, 1.54) is 0 Å². The Morgan fingerprint density at radius 2 is 1.40 bits per heavy atom. The second kappa shape index (κ2) is 5.24. The Balaban J connectivity index is 0. The summed E-state index contributed by atoms with van der Waals surface area (Å²) < 4.78 is 9.09. The van der Waals surface area contributed by atoms with Gasteiger partial charge in [-0.05, 0) is 0 Å². The van der Waals surface area contributed by atoms with E-state index in [0.29, 0.717) is 0 Å². The van der Waals surface area contributed by atoms with Gasteiger partial charge in [0.2, 0.25) is 0 Å². The average Bonchev–Trinajstić information content (AvgIpc) is 0.811. The lowest BCUT2D eigenvalue weighted by Crippen LogP contribution is -1.63. The fourth-order valence-electron chi connectivity index (χ4n) is 0. The molecular weight excluding hydrogens is 151 g/mol. The van der Waals surface area contributed by atoms with E-state index in [1.807, 2.05) is 0 Å². The molecule has 0 fully saturated rings. The molecule has 0 heterocycles. The lowest BCUT2D eigenvalue weighted by atomic mass is 15.9. The Morgan fingerprint density at radius 3 is 1.40 bits per heavy atom. The standard InChI is InChI=1S/Cl2OS.H2S/c1-4(2)3;/h;1H2. The van der Waals surface area contributed by atoms with E-state index in [1.54, 1.807) is 0 Å². The van der Waals surface area contributed by atoms with Crippen LogP contribution in [0.15, 0.2) is 0 Å². The van der Waals surface area contributed by atoms with Gasteiger partial charge in [0.1, 0.15) is 0 Å². The largest absolute Gasteiger partial charge is 0.582 e. The molecule has 0 atom stereocenters. The van der Waals surface area contributed by atoms with Crippen LogP contribution >= 0.6 is 34.9 Å². The van der Waals surface area contributed by atoms with Crippen molar-refractivity contribution >= 4 is 44.5 Å². The first-order chi connectivity index (χ1) is 1.73. The molecule has 0 spiro atoms. The van der Waals surface area contributed by atoms with Crippen LogP contribution in [-0.4, -0.2) is 4.55 Å². The Labute approximate surface area is 49.3 Å². The monoisotopic (exact) mass is 152 g/mol. The van der Waals surface area contributed by atoms with Crippen molar-refractivity contribution in [2.24, 2.45) is 0 Å². The number of hydrogen-bond acceptors (Lipinski definition) is 1. The average molecular weight is 153 g/mol. The minimum absolute atomic E-state index is 0. The summed E-state index contributed by atoms with van der Waals surface area (Å²) in [5, 5.41) is 0. The summed E-state index contributed by atoms with van der Waals surface area (Å²) >= 11 is 0. The predicted molar refractivity (Wildman–Crippen MR) is 30.2 cm³/mol. The van der Waals surface area contributed by atoms with Crippen LogP contribution in [-0.2, 0) is 9.60 Å². The highest BCUT2D eigenvalue weighted by atomic mass is 36.0. The van der Waals surface area contributed by atoms with Crippen LogP contribution in [0, 0.1) is 0 Å². The normalized spacial score (nSPS) is 7.20. The maximum absolute atomic E-state index is 9.09. The molecular formula is H2Cl2OS2. The van der Waals surface area contributed by atoms with Gasteiger partial charge in [0.05, 0.1) is 0 Å². The Morgan fingerprint density at radius 1 is 1.40 bits per heavy atom. The predicted octanol–water partition coefficient (Wildman–Crippen LogP) is 1.16. The van der Waals surface area contributed by atoms with Gasteiger partial charge in [-0.1, -0.05) is 0 Å². The zero-order valence-electron chi connectivity index (χ0n) is 2.07. The maximum atomic E-state index is 9.09. The van der Waals surface area contributed by atoms with Crippen LogP contribution in [0.4, 0.5) is 0 Å². The molecule has 0 rings (SSSR count). The van der Waals surface area contributed by atoms with Gasteiger partial charge in [-0.15, -0.1) is 0 Å². The molecule has 0 saturated heterocycles. The van der Waals surface area contributed by atoms with Crippen LogP contribution < -0.4 is 0 Å². The van der Waals surface area contributed by atoms with E-state index in [0.717, 1.165) is 0 Å². The van der Waals surface area contributed by atoms with Crippen LogP contribution in [0.5, 0.6) is 0 Å². The molecule has 0 aliphatic rings. The summed E-state index contributed by atoms with van der Waals surface area (Å²) in [5.41, 5.74) is 0. The van der Waals surface area contributed by atoms with Gasteiger partial charge in [-0.3, -0.25) is 0 Å². The fourth-order valence-corrected chi connectivity index (χ4v) is 0. The Kier molecular flexibility index (Phi) is 9.99. The molecule has 0 aliphatic carbocycles. The smallest absolute Gasteiger partial charge is 0.198 e. The molecule has 0 aliphatic heterocycles. The lowest BCUT2D eigenvalue weighted by Gasteiger charge is -1.73. The number of halogens is 2. The zero-order valence-corrected chi connectivity index (χ0v) is 5.40. The molecule has 0 N–H and O–H groups in total. The van der Waals surface area contributed by atoms with Crippen LogP contribution in [0.3, 0.4) is 0 Å². The molecule has 5 heavy (non-hydrogen) atoms. The molecule has 0 saturated carbocycles. The zero-order chi connectivity index (χ0) is 3.58. The Hall–Kier alpha value is 1.24. The van der Waals surface area contributed by atoms with E-state index in [-0.39, 0.29) is 13.5 Å². The van der Waals surface area contributed by atoms with Crippen molar-refractivity contribution in [3.8, 4) is 0 Å². The first-order valence-corrected chi connectivity index (χ1v) is 3.28. The molecule has 0 aromatic carbocycles. The molecule has 1 nitrogen and oxygen atoms in total. The van der Waals surface area contributed by atoms with E-state index in [4.69, 9.17) is 4.55 Å². The van der Waals surface area contributed by atoms with Crippen molar-refractivity contribution in [2.75, 3.05) is 0 Å². The summed E-state index contributed by atoms with van der Waals surface area (Å²) in [6, 6.07) is 0. The van der Waals surface area contributed by atoms with Gasteiger partial charge >= 0.3 is 0 Å². The van der Waals surface area contributed by atoms with Crippen molar-refractivity contribution in [2.45, 2.75) is 0 Å². The first kappa shape index (κ1) is 9.53. The van der Waals surface area contributed by atoms with Crippen LogP contribution in [0.2, 0.25) is 0 Å². The van der Waals surface area contributed by atoms with Crippen molar-refractivity contribution in [1.82, 2.24) is 0 Å². The third-order valence-corrected chi connectivity index (χ3v) is 0. The topological polar surface area (TPSA) is 23.1 Å². The highest BCUT2D eigenvalue weighted by Gasteiger charge is 1.83. The van der Waals surface area contributed by atoms with E-state index >= 15 is 0 Å². The van der Waals surface area contributed by atoms with Gasteiger partial charge < -0.3 is 4.55 Å². The van der Waals surface area contributed by atoms with Crippen molar-refractivity contribution < 1.29 is 4.55 Å². The summed E-state index contributed by atoms with van der Waals surface area (Å²) in [4.78, 5) is 0. The first-order valence-electron chi connectivity index (χ1n) is 0.475. The summed E-state index contributed by atoms with van der Waals surface area (Å²) in [6.07, 6.45) is 0. The van der Waals surface area contributed by atoms with Crippen LogP contribution in [0.1, 0.15) is 0 Å². The molecule has 0 radical (unpaired) electrons. The van der Waals surface area contributed by atoms with Crippen molar-refractivity contribution in [3.05, 3.63) is 0 Å². The molecule has 34 valence electrons. The molecule has 5 heteroatoms. The SMILES string of the molecule is S.[O-][S+](Cl)Cl. The fraction of sp³-hybridized carbons (Fsp3) is 0. The van der Waals surface area contributed by atoms with Crippen LogP contribution in [0.25, 0.3) is 0 Å². The molecule has 0 aromatic heterocycles. The highest BCUT2D eigenvalue weighted by molar-refractivity contribution is 8.31. The van der Waals surface area contributed by atoms with Gasteiger partial charge in [-0.2, -0.15) is 13.5 Å². The summed E-state index contributed by atoms with van der Waals surface area (Å²) in [6.45, 7) is 0. The van der Waals surface area contributed by atoms with Gasteiger partial charge in [0.25, 0.3) is 0 Å².